The molecule has 0 bridgehead atoms. The van der Waals surface area contributed by atoms with Gasteiger partial charge >= 0.3 is 0 Å². The summed E-state index contributed by atoms with van der Waals surface area (Å²) in [4.78, 5) is 11.8. The van der Waals surface area contributed by atoms with Crippen LogP contribution in [-0.4, -0.2) is 24.2 Å². The van der Waals surface area contributed by atoms with Crippen molar-refractivity contribution in [2.75, 3.05) is 7.05 Å². The van der Waals surface area contributed by atoms with Gasteiger partial charge in [-0.15, -0.1) is 0 Å². The van der Waals surface area contributed by atoms with Crippen LogP contribution in [0.15, 0.2) is 24.3 Å². The smallest absolute Gasteiger partial charge is 0.223 e. The molecule has 2 N–H and O–H groups in total. The van der Waals surface area contributed by atoms with Crippen molar-refractivity contribution in [2.45, 2.75) is 39.2 Å². The van der Waals surface area contributed by atoms with Crippen LogP contribution in [0.25, 0.3) is 0 Å². The molecule has 1 aromatic rings. The van der Waals surface area contributed by atoms with Crippen LogP contribution >= 0.6 is 0 Å². The van der Waals surface area contributed by atoms with E-state index < -0.39 is 6.10 Å². The average Bonchev–Trinajstić information content (AvgIpc) is 2.39. The van der Waals surface area contributed by atoms with Gasteiger partial charge in [-0.3, -0.25) is 4.79 Å². The first kappa shape index (κ1) is 14.7. The molecule has 0 aliphatic rings. The molecule has 1 rings (SSSR count). The lowest BCUT2D eigenvalue weighted by molar-refractivity contribution is -0.125. The summed E-state index contributed by atoms with van der Waals surface area (Å²) in [5, 5.41) is 12.4. The fourth-order valence-corrected chi connectivity index (χ4v) is 1.99. The van der Waals surface area contributed by atoms with Crippen molar-refractivity contribution in [2.24, 2.45) is 5.92 Å². The van der Waals surface area contributed by atoms with Gasteiger partial charge in [0.15, 0.2) is 0 Å². The number of aryl methyl sites for hydroxylation is 1. The zero-order valence-electron chi connectivity index (χ0n) is 11.4. The third-order valence-corrected chi connectivity index (χ3v) is 3.25. The number of aliphatic hydroxyl groups is 1. The summed E-state index contributed by atoms with van der Waals surface area (Å²) in [6.45, 7) is 3.97. The van der Waals surface area contributed by atoms with Gasteiger partial charge in [-0.2, -0.15) is 0 Å². The highest BCUT2D eigenvalue weighted by Crippen LogP contribution is 2.16. The molecule has 3 heteroatoms. The van der Waals surface area contributed by atoms with Crippen molar-refractivity contribution in [3.05, 3.63) is 35.4 Å². The molecule has 3 nitrogen and oxygen atoms in total. The van der Waals surface area contributed by atoms with Crippen molar-refractivity contribution < 1.29 is 9.90 Å². The van der Waals surface area contributed by atoms with E-state index in [4.69, 9.17) is 0 Å². The second kappa shape index (κ2) is 7.17. The van der Waals surface area contributed by atoms with E-state index >= 15 is 0 Å². The monoisotopic (exact) mass is 249 g/mol. The molecule has 0 aromatic heterocycles. The van der Waals surface area contributed by atoms with Crippen molar-refractivity contribution in [1.82, 2.24) is 5.32 Å². The number of rotatable bonds is 6. The van der Waals surface area contributed by atoms with Crippen LogP contribution in [0.1, 0.15) is 30.9 Å². The normalized spacial score (nSPS) is 14.0. The topological polar surface area (TPSA) is 49.3 Å². The fraction of sp³-hybridized carbons (Fsp3) is 0.533. The Morgan fingerprint density at radius 3 is 2.44 bits per heavy atom. The summed E-state index contributed by atoms with van der Waals surface area (Å²) >= 11 is 0. The molecule has 100 valence electrons. The van der Waals surface area contributed by atoms with Gasteiger partial charge in [0.2, 0.25) is 5.91 Å². The Bertz CT molecular complexity index is 373. The van der Waals surface area contributed by atoms with Crippen molar-refractivity contribution >= 4 is 5.91 Å². The third kappa shape index (κ3) is 4.49. The van der Waals surface area contributed by atoms with Crippen LogP contribution in [0.4, 0.5) is 0 Å². The maximum Gasteiger partial charge on any atom is 0.223 e. The summed E-state index contributed by atoms with van der Waals surface area (Å²) in [6.07, 6.45) is 1.47. The second-order valence-electron chi connectivity index (χ2n) is 4.80. The average molecular weight is 249 g/mol. The summed E-state index contributed by atoms with van der Waals surface area (Å²) < 4.78 is 0. The summed E-state index contributed by atoms with van der Waals surface area (Å²) in [5.74, 6) is -0.157. The van der Waals surface area contributed by atoms with E-state index in [0.29, 0.717) is 19.3 Å². The molecule has 2 atom stereocenters. The number of carbonyl (C=O) groups is 1. The molecule has 0 aliphatic heterocycles. The van der Waals surface area contributed by atoms with Gasteiger partial charge in [0.05, 0.1) is 6.10 Å². The van der Waals surface area contributed by atoms with Gasteiger partial charge in [-0.1, -0.05) is 36.8 Å². The molecule has 0 fully saturated rings. The number of amides is 1. The van der Waals surface area contributed by atoms with Crippen LogP contribution in [-0.2, 0) is 11.2 Å². The molecule has 0 radical (unpaired) electrons. The van der Waals surface area contributed by atoms with E-state index in [2.05, 4.69) is 5.32 Å². The Hall–Kier alpha value is -1.35. The molecule has 1 amide bonds. The van der Waals surface area contributed by atoms with Gasteiger partial charge in [0.25, 0.3) is 0 Å². The van der Waals surface area contributed by atoms with Crippen molar-refractivity contribution in [3.8, 4) is 0 Å². The molecule has 0 saturated carbocycles. The summed E-state index contributed by atoms with van der Waals surface area (Å²) in [6, 6.07) is 8.19. The Balaban J connectivity index is 2.71. The first-order chi connectivity index (χ1) is 8.56. The molecular weight excluding hydrogens is 226 g/mol. The lowest BCUT2D eigenvalue weighted by atomic mass is 9.92. The van der Waals surface area contributed by atoms with E-state index in [1.165, 1.54) is 5.56 Å². The highest BCUT2D eigenvalue weighted by atomic mass is 16.3. The van der Waals surface area contributed by atoms with Crippen molar-refractivity contribution in [3.63, 3.8) is 0 Å². The minimum Gasteiger partial charge on any atom is -0.393 e. The molecule has 2 unspecified atom stereocenters. The number of aliphatic hydroxyl groups excluding tert-OH is 1. The Kier molecular flexibility index (Phi) is 5.86. The highest BCUT2D eigenvalue weighted by molar-refractivity contribution is 5.78. The predicted octanol–water partition coefficient (Wildman–Crippen LogP) is 2.06. The maximum atomic E-state index is 11.8. The fourth-order valence-electron chi connectivity index (χ4n) is 1.99. The Labute approximate surface area is 109 Å². The first-order valence-electron chi connectivity index (χ1n) is 6.52. The van der Waals surface area contributed by atoms with Gasteiger partial charge in [-0.25, -0.2) is 0 Å². The number of nitrogens with one attached hydrogen (secondary N) is 1. The van der Waals surface area contributed by atoms with Crippen LogP contribution in [0.3, 0.4) is 0 Å². The second-order valence-corrected chi connectivity index (χ2v) is 4.80. The van der Waals surface area contributed by atoms with Crippen LogP contribution in [0.2, 0.25) is 0 Å². The quantitative estimate of drug-likeness (QED) is 0.810. The lowest BCUT2D eigenvalue weighted by Crippen LogP contribution is -2.31. The minimum atomic E-state index is -0.405. The molecular formula is C15H23NO2. The van der Waals surface area contributed by atoms with Gasteiger partial charge < -0.3 is 10.4 Å². The first-order valence-corrected chi connectivity index (χ1v) is 6.52. The van der Waals surface area contributed by atoms with Gasteiger partial charge in [0, 0.05) is 13.0 Å². The molecule has 0 spiro atoms. The van der Waals surface area contributed by atoms with Crippen molar-refractivity contribution in [1.29, 1.82) is 0 Å². The number of benzene rings is 1. The Morgan fingerprint density at radius 2 is 1.94 bits per heavy atom. The van der Waals surface area contributed by atoms with E-state index in [9.17, 15) is 9.90 Å². The van der Waals surface area contributed by atoms with Gasteiger partial charge in [-0.05, 0) is 31.7 Å². The standard InChI is InChI=1S/C15H23NO2/c1-4-14(17)10-13(15(18)16-3)9-12-7-5-11(2)6-8-12/h5-8,13-14,17H,4,9-10H2,1-3H3,(H,16,18). The van der Waals surface area contributed by atoms with E-state index in [-0.39, 0.29) is 11.8 Å². The third-order valence-electron chi connectivity index (χ3n) is 3.25. The minimum absolute atomic E-state index is 0.00285. The van der Waals surface area contributed by atoms with Crippen LogP contribution in [0, 0.1) is 12.8 Å². The van der Waals surface area contributed by atoms with Crippen LogP contribution in [0.5, 0.6) is 0 Å². The predicted molar refractivity (Wildman–Crippen MR) is 73.4 cm³/mol. The SMILES string of the molecule is CCC(O)CC(Cc1ccc(C)cc1)C(=O)NC. The number of hydrogen-bond donors (Lipinski definition) is 2. The number of carbonyl (C=O) groups excluding carboxylic acids is 1. The molecule has 18 heavy (non-hydrogen) atoms. The van der Waals surface area contributed by atoms with E-state index in [0.717, 1.165) is 5.56 Å². The molecule has 0 heterocycles. The largest absolute Gasteiger partial charge is 0.393 e. The summed E-state index contributed by atoms with van der Waals surface area (Å²) in [7, 11) is 1.64. The molecule has 1 aromatic carbocycles. The number of hydrogen-bond acceptors (Lipinski definition) is 2. The van der Waals surface area contributed by atoms with Crippen LogP contribution < -0.4 is 5.32 Å². The van der Waals surface area contributed by atoms with E-state index in [1.807, 2.05) is 38.1 Å². The highest BCUT2D eigenvalue weighted by Gasteiger charge is 2.20. The summed E-state index contributed by atoms with van der Waals surface area (Å²) in [5.41, 5.74) is 2.35. The zero-order chi connectivity index (χ0) is 13.5. The Morgan fingerprint density at radius 1 is 1.33 bits per heavy atom. The van der Waals surface area contributed by atoms with Gasteiger partial charge in [0.1, 0.15) is 0 Å². The molecule has 0 saturated heterocycles. The zero-order valence-corrected chi connectivity index (χ0v) is 11.4. The lowest BCUT2D eigenvalue weighted by Gasteiger charge is -2.18. The maximum absolute atomic E-state index is 11.8. The van der Waals surface area contributed by atoms with E-state index in [1.54, 1.807) is 7.05 Å². The molecule has 0 aliphatic carbocycles.